The van der Waals surface area contributed by atoms with Crippen molar-refractivity contribution in [2.75, 3.05) is 11.9 Å². The zero-order chi connectivity index (χ0) is 11.5. The van der Waals surface area contributed by atoms with E-state index in [-0.39, 0.29) is 17.2 Å². The van der Waals surface area contributed by atoms with E-state index in [1.54, 1.807) is 7.05 Å². The summed E-state index contributed by atoms with van der Waals surface area (Å²) in [7, 11) is 1.66. The van der Waals surface area contributed by atoms with Gasteiger partial charge in [-0.25, -0.2) is 0 Å². The van der Waals surface area contributed by atoms with Crippen LogP contribution in [0.25, 0.3) is 0 Å². The van der Waals surface area contributed by atoms with Gasteiger partial charge in [-0.15, -0.1) is 0 Å². The van der Waals surface area contributed by atoms with Crippen LogP contribution in [0.4, 0.5) is 5.69 Å². The smallest absolute Gasteiger partial charge is 0.276 e. The number of hydrogen-bond acceptors (Lipinski definition) is 2. The maximum Gasteiger partial charge on any atom is 0.276 e. The first-order valence-corrected chi connectivity index (χ1v) is 4.79. The molecule has 0 atom stereocenters. The summed E-state index contributed by atoms with van der Waals surface area (Å²) in [6.07, 6.45) is 0. The molecule has 1 aromatic carbocycles. The van der Waals surface area contributed by atoms with E-state index in [0.717, 1.165) is 5.69 Å². The van der Waals surface area contributed by atoms with Gasteiger partial charge in [0.05, 0.1) is 0 Å². The van der Waals surface area contributed by atoms with Crippen LogP contribution in [-0.2, 0) is 0 Å². The van der Waals surface area contributed by atoms with Crippen molar-refractivity contribution in [1.82, 2.24) is 10.2 Å². The van der Waals surface area contributed by atoms with Gasteiger partial charge in [-0.2, -0.15) is 0 Å². The lowest BCUT2D eigenvalue weighted by molar-refractivity contribution is 0.0988. The van der Waals surface area contributed by atoms with Crippen LogP contribution in [0.2, 0.25) is 0 Å². The molecule has 0 saturated heterocycles. The summed E-state index contributed by atoms with van der Waals surface area (Å²) in [5.41, 5.74) is 0.704. The van der Waals surface area contributed by atoms with Crippen LogP contribution < -0.4 is 10.5 Å². The molecule has 0 saturated carbocycles. The SMILES string of the molecule is CN(C(=O)c1cc(=O)[nH][nH]1)c1ccccc1. The van der Waals surface area contributed by atoms with Crippen molar-refractivity contribution in [1.29, 1.82) is 0 Å². The molecule has 2 N–H and O–H groups in total. The maximum atomic E-state index is 11.9. The highest BCUT2D eigenvalue weighted by Gasteiger charge is 2.14. The number of H-pyrrole nitrogens is 2. The number of aromatic nitrogens is 2. The van der Waals surface area contributed by atoms with Crippen LogP contribution in [0.3, 0.4) is 0 Å². The molecule has 1 heterocycles. The molecule has 5 heteroatoms. The predicted molar refractivity (Wildman–Crippen MR) is 60.6 cm³/mol. The Morgan fingerprint density at radius 2 is 1.88 bits per heavy atom. The largest absolute Gasteiger partial charge is 0.310 e. The first-order chi connectivity index (χ1) is 7.68. The molecule has 2 aromatic rings. The molecule has 0 spiro atoms. The lowest BCUT2D eigenvalue weighted by Crippen LogP contribution is -2.26. The van der Waals surface area contributed by atoms with E-state index in [9.17, 15) is 9.59 Å². The van der Waals surface area contributed by atoms with Crippen molar-refractivity contribution in [3.63, 3.8) is 0 Å². The van der Waals surface area contributed by atoms with Gasteiger partial charge >= 0.3 is 0 Å². The third-order valence-electron chi connectivity index (χ3n) is 2.27. The Morgan fingerprint density at radius 3 is 2.44 bits per heavy atom. The molecule has 0 aliphatic carbocycles. The van der Waals surface area contributed by atoms with Gasteiger partial charge in [-0.1, -0.05) is 18.2 Å². The molecule has 5 nitrogen and oxygen atoms in total. The van der Waals surface area contributed by atoms with E-state index >= 15 is 0 Å². The van der Waals surface area contributed by atoms with Crippen molar-refractivity contribution in [3.05, 3.63) is 52.4 Å². The van der Waals surface area contributed by atoms with Gasteiger partial charge in [-0.3, -0.25) is 19.8 Å². The van der Waals surface area contributed by atoms with E-state index in [2.05, 4.69) is 10.2 Å². The number of nitrogens with one attached hydrogen (secondary N) is 2. The Labute approximate surface area is 91.7 Å². The predicted octanol–water partition coefficient (Wildman–Crippen LogP) is 0.980. The number of carbonyl (C=O) groups excluding carboxylic acids is 1. The monoisotopic (exact) mass is 217 g/mol. The minimum Gasteiger partial charge on any atom is -0.310 e. The molecule has 1 aromatic heterocycles. The van der Waals surface area contributed by atoms with Crippen LogP contribution in [0.1, 0.15) is 10.5 Å². The quantitative estimate of drug-likeness (QED) is 0.787. The lowest BCUT2D eigenvalue weighted by atomic mass is 10.3. The fraction of sp³-hybridized carbons (Fsp3) is 0.0909. The fourth-order valence-electron chi connectivity index (χ4n) is 1.40. The van der Waals surface area contributed by atoms with Gasteiger partial charge in [0.2, 0.25) is 0 Å². The van der Waals surface area contributed by atoms with E-state index < -0.39 is 0 Å². The Morgan fingerprint density at radius 1 is 1.19 bits per heavy atom. The number of benzene rings is 1. The number of carbonyl (C=O) groups is 1. The molecule has 0 aliphatic heterocycles. The summed E-state index contributed by atoms with van der Waals surface area (Å²) in [5, 5.41) is 4.85. The van der Waals surface area contributed by atoms with Crippen molar-refractivity contribution in [2.45, 2.75) is 0 Å². The fourth-order valence-corrected chi connectivity index (χ4v) is 1.40. The Bertz CT molecular complexity index is 542. The van der Waals surface area contributed by atoms with E-state index in [4.69, 9.17) is 0 Å². The number of nitrogens with zero attached hydrogens (tertiary/aromatic N) is 1. The first-order valence-electron chi connectivity index (χ1n) is 4.79. The minimum atomic E-state index is -0.315. The topological polar surface area (TPSA) is 69.0 Å². The van der Waals surface area contributed by atoms with Gasteiger partial charge in [0.25, 0.3) is 11.5 Å². The number of rotatable bonds is 2. The highest BCUT2D eigenvalue weighted by Crippen LogP contribution is 2.12. The maximum absolute atomic E-state index is 11.9. The van der Waals surface area contributed by atoms with Gasteiger partial charge in [0.15, 0.2) is 0 Å². The van der Waals surface area contributed by atoms with Crippen molar-refractivity contribution < 1.29 is 4.79 Å². The highest BCUT2D eigenvalue weighted by atomic mass is 16.2. The van der Waals surface area contributed by atoms with Gasteiger partial charge in [0, 0.05) is 18.8 Å². The van der Waals surface area contributed by atoms with Crippen molar-refractivity contribution >= 4 is 11.6 Å². The Balaban J connectivity index is 2.26. The molecule has 0 unspecified atom stereocenters. The molecule has 16 heavy (non-hydrogen) atoms. The second-order valence-corrected chi connectivity index (χ2v) is 3.37. The number of aromatic amines is 2. The normalized spacial score (nSPS) is 10.1. The van der Waals surface area contributed by atoms with Crippen molar-refractivity contribution in [3.8, 4) is 0 Å². The number of anilines is 1. The standard InChI is InChI=1S/C11H11N3O2/c1-14(8-5-3-2-4-6-8)11(16)9-7-10(15)13-12-9/h2-7H,1H3,(H2,12,13,15). The highest BCUT2D eigenvalue weighted by molar-refractivity contribution is 6.04. The zero-order valence-electron chi connectivity index (χ0n) is 8.73. The zero-order valence-corrected chi connectivity index (χ0v) is 8.73. The van der Waals surface area contributed by atoms with Gasteiger partial charge in [0.1, 0.15) is 5.69 Å². The molecular weight excluding hydrogens is 206 g/mol. The van der Waals surface area contributed by atoms with Crippen LogP contribution in [-0.4, -0.2) is 23.2 Å². The molecule has 0 bridgehead atoms. The second-order valence-electron chi connectivity index (χ2n) is 3.37. The van der Waals surface area contributed by atoms with Crippen LogP contribution in [0.15, 0.2) is 41.2 Å². The summed E-state index contributed by atoms with van der Waals surface area (Å²) in [6.45, 7) is 0. The number of hydrogen-bond donors (Lipinski definition) is 2. The molecule has 1 amide bonds. The molecule has 0 fully saturated rings. The summed E-state index contributed by atoms with van der Waals surface area (Å²) < 4.78 is 0. The average Bonchev–Trinajstić information content (AvgIpc) is 2.75. The van der Waals surface area contributed by atoms with Crippen LogP contribution in [0, 0.1) is 0 Å². The van der Waals surface area contributed by atoms with Gasteiger partial charge in [-0.05, 0) is 12.1 Å². The minimum absolute atomic E-state index is 0.247. The summed E-state index contributed by atoms with van der Waals surface area (Å²) in [6, 6.07) is 10.4. The third-order valence-corrected chi connectivity index (χ3v) is 2.27. The number of amides is 1. The van der Waals surface area contributed by atoms with E-state index in [1.165, 1.54) is 11.0 Å². The number of para-hydroxylation sites is 1. The Kier molecular flexibility index (Phi) is 2.59. The molecular formula is C11H11N3O2. The average molecular weight is 217 g/mol. The lowest BCUT2D eigenvalue weighted by Gasteiger charge is -2.15. The summed E-state index contributed by atoms with van der Waals surface area (Å²) in [5.74, 6) is -0.260. The first kappa shape index (κ1) is 10.2. The Hall–Kier alpha value is -2.30. The van der Waals surface area contributed by atoms with E-state index in [1.807, 2.05) is 30.3 Å². The molecule has 0 radical (unpaired) electrons. The molecule has 0 aliphatic rings. The van der Waals surface area contributed by atoms with Crippen molar-refractivity contribution in [2.24, 2.45) is 0 Å². The summed E-state index contributed by atoms with van der Waals surface area (Å²) in [4.78, 5) is 24.3. The van der Waals surface area contributed by atoms with Crippen LogP contribution in [0.5, 0.6) is 0 Å². The second kappa shape index (κ2) is 4.06. The van der Waals surface area contributed by atoms with E-state index in [0.29, 0.717) is 0 Å². The summed E-state index contributed by atoms with van der Waals surface area (Å²) >= 11 is 0. The van der Waals surface area contributed by atoms with Crippen LogP contribution >= 0.6 is 0 Å². The molecule has 2 rings (SSSR count). The third kappa shape index (κ3) is 1.88. The molecule has 82 valence electrons. The van der Waals surface area contributed by atoms with Gasteiger partial charge < -0.3 is 4.90 Å².